The molecule has 1 aromatic carbocycles. The van der Waals surface area contributed by atoms with E-state index in [1.807, 2.05) is 13.8 Å². The molecule has 0 saturated carbocycles. The highest BCUT2D eigenvalue weighted by molar-refractivity contribution is 5.92. The molecule has 0 aromatic heterocycles. The lowest BCUT2D eigenvalue weighted by atomic mass is 10.2. The zero-order chi connectivity index (χ0) is 13.1. The molecule has 0 amide bonds. The fourth-order valence-corrected chi connectivity index (χ4v) is 1.23. The number of nitrogens with zero attached hydrogens (tertiary/aromatic N) is 1. The predicted molar refractivity (Wildman–Crippen MR) is 61.8 cm³/mol. The molecule has 0 radical (unpaired) electrons. The predicted octanol–water partition coefficient (Wildman–Crippen LogP) is 2.84. The Labute approximate surface area is 97.5 Å². The van der Waals surface area contributed by atoms with Crippen LogP contribution in [0.4, 0.5) is 18.9 Å². The first-order valence-corrected chi connectivity index (χ1v) is 5.06. The minimum atomic E-state index is -4.36. The van der Waals surface area contributed by atoms with Crippen LogP contribution < -0.4 is 11.1 Å². The summed E-state index contributed by atoms with van der Waals surface area (Å²) in [5, 5.41) is 2.61. The van der Waals surface area contributed by atoms with Crippen LogP contribution >= 0.6 is 0 Å². The van der Waals surface area contributed by atoms with E-state index in [0.717, 1.165) is 12.1 Å². The van der Waals surface area contributed by atoms with Gasteiger partial charge in [-0.05, 0) is 32.0 Å². The van der Waals surface area contributed by atoms with E-state index < -0.39 is 11.7 Å². The molecule has 1 rings (SSSR count). The van der Waals surface area contributed by atoms with Crippen molar-refractivity contribution in [2.24, 2.45) is 10.7 Å². The van der Waals surface area contributed by atoms with Crippen molar-refractivity contribution in [1.29, 1.82) is 0 Å². The second-order valence-corrected chi connectivity index (χ2v) is 3.81. The molecule has 0 atom stereocenters. The Morgan fingerprint density at radius 2 is 2.00 bits per heavy atom. The van der Waals surface area contributed by atoms with Gasteiger partial charge in [-0.3, -0.25) is 4.99 Å². The molecule has 0 bridgehead atoms. The van der Waals surface area contributed by atoms with Crippen LogP contribution in [-0.4, -0.2) is 12.0 Å². The summed E-state index contributed by atoms with van der Waals surface area (Å²) >= 11 is 0. The Bertz CT molecular complexity index is 411. The SMILES string of the molecule is CC(C)N=C(N)Nc1cccc(C(F)(F)F)c1. The van der Waals surface area contributed by atoms with E-state index in [2.05, 4.69) is 10.3 Å². The molecule has 1 aromatic rings. The Morgan fingerprint density at radius 3 is 2.53 bits per heavy atom. The summed E-state index contributed by atoms with van der Waals surface area (Å²) in [4.78, 5) is 3.97. The summed E-state index contributed by atoms with van der Waals surface area (Å²) in [6, 6.07) is 4.78. The number of anilines is 1. The Morgan fingerprint density at radius 1 is 1.35 bits per heavy atom. The van der Waals surface area contributed by atoms with Gasteiger partial charge >= 0.3 is 6.18 Å². The Balaban J connectivity index is 2.87. The van der Waals surface area contributed by atoms with Crippen LogP contribution in [-0.2, 0) is 6.18 Å². The molecule has 0 aliphatic carbocycles. The molecule has 0 spiro atoms. The number of hydrogen-bond donors (Lipinski definition) is 2. The topological polar surface area (TPSA) is 50.4 Å². The number of aliphatic imine (C=N–C) groups is 1. The number of alkyl halides is 3. The van der Waals surface area contributed by atoms with E-state index in [9.17, 15) is 13.2 Å². The first-order chi connectivity index (χ1) is 7.79. The van der Waals surface area contributed by atoms with E-state index in [4.69, 9.17) is 5.73 Å². The molecule has 6 heteroatoms. The summed E-state index contributed by atoms with van der Waals surface area (Å²) in [7, 11) is 0. The van der Waals surface area contributed by atoms with Crippen molar-refractivity contribution < 1.29 is 13.2 Å². The lowest BCUT2D eigenvalue weighted by Crippen LogP contribution is -2.24. The maximum atomic E-state index is 12.4. The van der Waals surface area contributed by atoms with Gasteiger partial charge in [0.05, 0.1) is 5.56 Å². The molecule has 94 valence electrons. The molecular formula is C11H14F3N3. The summed E-state index contributed by atoms with van der Waals surface area (Å²) in [6.45, 7) is 3.64. The second-order valence-electron chi connectivity index (χ2n) is 3.81. The molecule has 0 aliphatic rings. The smallest absolute Gasteiger partial charge is 0.370 e. The average Bonchev–Trinajstić information content (AvgIpc) is 2.15. The van der Waals surface area contributed by atoms with Gasteiger partial charge in [-0.25, -0.2) is 0 Å². The Kier molecular flexibility index (Phi) is 3.98. The third-order valence-corrected chi connectivity index (χ3v) is 1.86. The van der Waals surface area contributed by atoms with Gasteiger partial charge < -0.3 is 11.1 Å². The molecule has 0 saturated heterocycles. The van der Waals surface area contributed by atoms with E-state index >= 15 is 0 Å². The maximum absolute atomic E-state index is 12.4. The van der Waals surface area contributed by atoms with Crippen LogP contribution in [0, 0.1) is 0 Å². The van der Waals surface area contributed by atoms with E-state index in [1.54, 1.807) is 0 Å². The average molecular weight is 245 g/mol. The summed E-state index contributed by atoms with van der Waals surface area (Å²) in [6.07, 6.45) is -4.36. The summed E-state index contributed by atoms with van der Waals surface area (Å²) in [5.41, 5.74) is 5.07. The minimum Gasteiger partial charge on any atom is -0.370 e. The summed E-state index contributed by atoms with van der Waals surface area (Å²) in [5.74, 6) is 0.0966. The minimum absolute atomic E-state index is 0.0201. The molecule has 0 heterocycles. The number of benzene rings is 1. The van der Waals surface area contributed by atoms with Crippen LogP contribution in [0.2, 0.25) is 0 Å². The highest BCUT2D eigenvalue weighted by Gasteiger charge is 2.30. The van der Waals surface area contributed by atoms with Gasteiger partial charge in [0.1, 0.15) is 0 Å². The van der Waals surface area contributed by atoms with E-state index in [-0.39, 0.29) is 17.7 Å². The van der Waals surface area contributed by atoms with Crippen LogP contribution in [0.5, 0.6) is 0 Å². The maximum Gasteiger partial charge on any atom is 0.416 e. The van der Waals surface area contributed by atoms with Crippen molar-refractivity contribution >= 4 is 11.6 Å². The van der Waals surface area contributed by atoms with Crippen molar-refractivity contribution in [3.05, 3.63) is 29.8 Å². The molecule has 0 aliphatic heterocycles. The van der Waals surface area contributed by atoms with Gasteiger partial charge in [0.25, 0.3) is 0 Å². The largest absolute Gasteiger partial charge is 0.416 e. The Hall–Kier alpha value is -1.72. The third kappa shape index (κ3) is 4.34. The van der Waals surface area contributed by atoms with Crippen molar-refractivity contribution in [3.8, 4) is 0 Å². The third-order valence-electron chi connectivity index (χ3n) is 1.86. The highest BCUT2D eigenvalue weighted by Crippen LogP contribution is 2.30. The quantitative estimate of drug-likeness (QED) is 0.621. The standard InChI is InChI=1S/C11H14F3N3/c1-7(2)16-10(15)17-9-5-3-4-8(6-9)11(12,13)14/h3-7H,1-2H3,(H3,15,16,17). The van der Waals surface area contributed by atoms with Gasteiger partial charge in [0, 0.05) is 11.7 Å². The fraction of sp³-hybridized carbons (Fsp3) is 0.364. The highest BCUT2D eigenvalue weighted by atomic mass is 19.4. The fourth-order valence-electron chi connectivity index (χ4n) is 1.23. The van der Waals surface area contributed by atoms with E-state index in [1.165, 1.54) is 12.1 Å². The molecule has 0 unspecified atom stereocenters. The monoisotopic (exact) mass is 245 g/mol. The summed E-state index contributed by atoms with van der Waals surface area (Å²) < 4.78 is 37.3. The van der Waals surface area contributed by atoms with Gasteiger partial charge in [0.15, 0.2) is 5.96 Å². The van der Waals surface area contributed by atoms with Crippen molar-refractivity contribution in [2.75, 3.05) is 5.32 Å². The van der Waals surface area contributed by atoms with Crippen molar-refractivity contribution in [1.82, 2.24) is 0 Å². The lowest BCUT2D eigenvalue weighted by molar-refractivity contribution is -0.137. The molecule has 17 heavy (non-hydrogen) atoms. The van der Waals surface area contributed by atoms with Crippen LogP contribution in [0.25, 0.3) is 0 Å². The first kappa shape index (κ1) is 13.3. The van der Waals surface area contributed by atoms with Crippen LogP contribution in [0.15, 0.2) is 29.3 Å². The molecule has 3 N–H and O–H groups in total. The number of halogens is 3. The number of rotatable bonds is 2. The normalized spacial score (nSPS) is 12.9. The van der Waals surface area contributed by atoms with Gasteiger partial charge in [0.2, 0.25) is 0 Å². The number of nitrogens with two attached hydrogens (primary N) is 1. The zero-order valence-corrected chi connectivity index (χ0v) is 9.55. The lowest BCUT2D eigenvalue weighted by Gasteiger charge is -2.10. The number of hydrogen-bond acceptors (Lipinski definition) is 1. The van der Waals surface area contributed by atoms with Gasteiger partial charge in [-0.2, -0.15) is 13.2 Å². The van der Waals surface area contributed by atoms with Gasteiger partial charge in [-0.1, -0.05) is 6.07 Å². The molecular weight excluding hydrogens is 231 g/mol. The van der Waals surface area contributed by atoms with Crippen LogP contribution in [0.1, 0.15) is 19.4 Å². The zero-order valence-electron chi connectivity index (χ0n) is 9.55. The van der Waals surface area contributed by atoms with Crippen LogP contribution in [0.3, 0.4) is 0 Å². The second kappa shape index (κ2) is 5.07. The number of guanidine groups is 1. The molecule has 0 fully saturated rings. The molecule has 3 nitrogen and oxygen atoms in total. The first-order valence-electron chi connectivity index (χ1n) is 5.06. The van der Waals surface area contributed by atoms with Crippen molar-refractivity contribution in [3.63, 3.8) is 0 Å². The van der Waals surface area contributed by atoms with E-state index in [0.29, 0.717) is 0 Å². The number of nitrogens with one attached hydrogen (secondary N) is 1. The van der Waals surface area contributed by atoms with Crippen molar-refractivity contribution in [2.45, 2.75) is 26.1 Å². The van der Waals surface area contributed by atoms with Gasteiger partial charge in [-0.15, -0.1) is 0 Å².